The molecule has 2 amide bonds. The molecule has 1 aliphatic carbocycles. The molecular weight excluding hydrogens is 292 g/mol. The Morgan fingerprint density at radius 1 is 1.19 bits per heavy atom. The molecule has 1 heterocycles. The summed E-state index contributed by atoms with van der Waals surface area (Å²) < 4.78 is 0. The number of urea groups is 1. The highest BCUT2D eigenvalue weighted by molar-refractivity contribution is 7.16. The molecule has 0 saturated heterocycles. The lowest BCUT2D eigenvalue weighted by molar-refractivity contribution is 0.0697. The van der Waals surface area contributed by atoms with E-state index in [0.29, 0.717) is 23.4 Å². The highest BCUT2D eigenvalue weighted by Crippen LogP contribution is 2.32. The summed E-state index contributed by atoms with van der Waals surface area (Å²) in [7, 11) is 0. The summed E-state index contributed by atoms with van der Waals surface area (Å²) in [5, 5.41) is 24.5. The quantitative estimate of drug-likeness (QED) is 0.689. The van der Waals surface area contributed by atoms with Crippen LogP contribution in [0.25, 0.3) is 0 Å². The first kappa shape index (κ1) is 15.8. The average Bonchev–Trinajstić information content (AvgIpc) is 2.67. The summed E-state index contributed by atoms with van der Waals surface area (Å²) in [4.78, 5) is 24.1. The van der Waals surface area contributed by atoms with E-state index in [0.717, 1.165) is 17.7 Å². The topological polar surface area (TPSA) is 98.7 Å². The van der Waals surface area contributed by atoms with Crippen molar-refractivity contribution in [3.8, 4) is 0 Å². The number of aliphatic hydroxyl groups excluding tert-OH is 1. The number of carboxylic acid groups (broad SMARTS) is 1. The number of aryl methyl sites for hydroxylation is 1. The third-order valence-electron chi connectivity index (χ3n) is 3.86. The lowest BCUT2D eigenvalue weighted by atomic mass is 9.93. The molecule has 1 aromatic rings. The van der Waals surface area contributed by atoms with Crippen LogP contribution >= 0.6 is 11.3 Å². The van der Waals surface area contributed by atoms with Crippen LogP contribution in [0.2, 0.25) is 0 Å². The first-order chi connectivity index (χ1) is 9.88. The van der Waals surface area contributed by atoms with E-state index in [4.69, 9.17) is 0 Å². The van der Waals surface area contributed by atoms with Crippen molar-refractivity contribution in [3.05, 3.63) is 16.0 Å². The van der Waals surface area contributed by atoms with Crippen LogP contribution in [0.3, 0.4) is 0 Å². The molecule has 6 nitrogen and oxygen atoms in total. The molecule has 21 heavy (non-hydrogen) atoms. The third-order valence-corrected chi connectivity index (χ3v) is 4.98. The summed E-state index contributed by atoms with van der Waals surface area (Å²) in [6, 6.07) is -0.357. The monoisotopic (exact) mass is 312 g/mol. The van der Waals surface area contributed by atoms with E-state index in [1.165, 1.54) is 11.3 Å². The van der Waals surface area contributed by atoms with Gasteiger partial charge in [-0.2, -0.15) is 0 Å². The van der Waals surface area contributed by atoms with Gasteiger partial charge in [-0.3, -0.25) is 5.32 Å². The van der Waals surface area contributed by atoms with Crippen LogP contribution in [-0.4, -0.2) is 34.4 Å². The van der Waals surface area contributed by atoms with Crippen molar-refractivity contribution in [3.63, 3.8) is 0 Å². The Bertz CT molecular complexity index is 547. The minimum absolute atomic E-state index is 0.0313. The maximum Gasteiger partial charge on any atom is 0.338 e. The van der Waals surface area contributed by atoms with Gasteiger partial charge in [-0.25, -0.2) is 9.59 Å². The lowest BCUT2D eigenvalue weighted by Gasteiger charge is -2.26. The average molecular weight is 312 g/mol. The molecule has 0 aromatic carbocycles. The Morgan fingerprint density at radius 2 is 1.81 bits per heavy atom. The number of carboxylic acids is 1. The molecule has 0 unspecified atom stereocenters. The molecule has 0 aliphatic heterocycles. The normalized spacial score (nSPS) is 21.9. The van der Waals surface area contributed by atoms with Crippen molar-refractivity contribution in [1.82, 2.24) is 5.32 Å². The van der Waals surface area contributed by atoms with Crippen molar-refractivity contribution in [2.75, 3.05) is 5.32 Å². The number of nitrogens with one attached hydrogen (secondary N) is 2. The molecule has 1 aliphatic rings. The van der Waals surface area contributed by atoms with Crippen molar-refractivity contribution in [1.29, 1.82) is 0 Å². The molecule has 1 fully saturated rings. The number of anilines is 1. The molecule has 7 heteroatoms. The minimum Gasteiger partial charge on any atom is -0.478 e. The van der Waals surface area contributed by atoms with Crippen LogP contribution in [0.4, 0.5) is 9.80 Å². The number of carbonyl (C=O) groups excluding carboxylic acids is 1. The SMILES string of the molecule is Cc1sc(NC(=O)NC2CCC(O)CC2)c(C(=O)O)c1C. The fraction of sp³-hybridized carbons (Fsp3) is 0.571. The number of aromatic carboxylic acids is 1. The van der Waals surface area contributed by atoms with Gasteiger partial charge in [0.25, 0.3) is 0 Å². The van der Waals surface area contributed by atoms with Gasteiger partial charge in [0.05, 0.1) is 11.7 Å². The maximum absolute atomic E-state index is 12.0. The van der Waals surface area contributed by atoms with Crippen molar-refractivity contribution < 1.29 is 19.8 Å². The predicted molar refractivity (Wildman–Crippen MR) is 81.2 cm³/mol. The van der Waals surface area contributed by atoms with Gasteiger partial charge in [-0.15, -0.1) is 11.3 Å². The molecule has 0 bridgehead atoms. The summed E-state index contributed by atoms with van der Waals surface area (Å²) >= 11 is 1.27. The van der Waals surface area contributed by atoms with E-state index in [2.05, 4.69) is 10.6 Å². The Kier molecular flexibility index (Phi) is 4.84. The van der Waals surface area contributed by atoms with E-state index in [1.807, 2.05) is 6.92 Å². The van der Waals surface area contributed by atoms with Gasteiger partial charge in [-0.1, -0.05) is 0 Å². The van der Waals surface area contributed by atoms with Crippen LogP contribution in [0.15, 0.2) is 0 Å². The third kappa shape index (κ3) is 3.74. The maximum atomic E-state index is 12.0. The minimum atomic E-state index is -1.03. The Morgan fingerprint density at radius 3 is 2.38 bits per heavy atom. The van der Waals surface area contributed by atoms with Gasteiger partial charge >= 0.3 is 12.0 Å². The van der Waals surface area contributed by atoms with Gasteiger partial charge in [0, 0.05) is 10.9 Å². The number of carbonyl (C=O) groups is 2. The van der Waals surface area contributed by atoms with E-state index in [-0.39, 0.29) is 23.7 Å². The highest BCUT2D eigenvalue weighted by Gasteiger charge is 2.23. The fourth-order valence-corrected chi connectivity index (χ4v) is 3.56. The van der Waals surface area contributed by atoms with Crippen LogP contribution < -0.4 is 10.6 Å². The van der Waals surface area contributed by atoms with Gasteiger partial charge in [0.2, 0.25) is 0 Å². The molecule has 0 spiro atoms. The van der Waals surface area contributed by atoms with E-state index >= 15 is 0 Å². The number of hydrogen-bond acceptors (Lipinski definition) is 4. The van der Waals surface area contributed by atoms with Crippen LogP contribution in [-0.2, 0) is 0 Å². The first-order valence-electron chi connectivity index (χ1n) is 6.97. The molecule has 2 rings (SSSR count). The van der Waals surface area contributed by atoms with E-state index < -0.39 is 5.97 Å². The zero-order chi connectivity index (χ0) is 15.6. The second-order valence-electron chi connectivity index (χ2n) is 5.40. The van der Waals surface area contributed by atoms with Crippen LogP contribution in [0, 0.1) is 13.8 Å². The summed E-state index contributed by atoms with van der Waals surface area (Å²) in [5.41, 5.74) is 0.843. The van der Waals surface area contributed by atoms with Crippen LogP contribution in [0.1, 0.15) is 46.5 Å². The van der Waals surface area contributed by atoms with Gasteiger partial charge < -0.3 is 15.5 Å². The second kappa shape index (κ2) is 6.44. The second-order valence-corrected chi connectivity index (χ2v) is 6.62. The smallest absolute Gasteiger partial charge is 0.338 e. The fourth-order valence-electron chi connectivity index (χ4n) is 2.52. The summed E-state index contributed by atoms with van der Waals surface area (Å²) in [5.74, 6) is -1.03. The molecule has 116 valence electrons. The molecular formula is C14H20N2O4S. The molecule has 0 radical (unpaired) electrons. The Hall–Kier alpha value is -1.60. The molecule has 1 saturated carbocycles. The zero-order valence-corrected chi connectivity index (χ0v) is 12.9. The van der Waals surface area contributed by atoms with Gasteiger partial charge in [-0.05, 0) is 45.1 Å². The van der Waals surface area contributed by atoms with Gasteiger partial charge in [0.15, 0.2) is 0 Å². The number of rotatable bonds is 3. The first-order valence-corrected chi connectivity index (χ1v) is 7.79. The number of amides is 2. The van der Waals surface area contributed by atoms with Crippen molar-refractivity contribution in [2.24, 2.45) is 0 Å². The molecule has 1 aromatic heterocycles. The zero-order valence-electron chi connectivity index (χ0n) is 12.1. The van der Waals surface area contributed by atoms with Crippen molar-refractivity contribution >= 4 is 28.3 Å². The summed E-state index contributed by atoms with van der Waals surface area (Å²) in [6.07, 6.45) is 2.57. The largest absolute Gasteiger partial charge is 0.478 e. The standard InChI is InChI=1S/C14H20N2O4S/c1-7-8(2)21-12(11(7)13(18)19)16-14(20)15-9-3-5-10(17)6-4-9/h9-10,17H,3-6H2,1-2H3,(H,18,19)(H2,15,16,20). The predicted octanol–water partition coefficient (Wildman–Crippen LogP) is 2.49. The molecule has 4 N–H and O–H groups in total. The Balaban J connectivity index is 2.00. The lowest BCUT2D eigenvalue weighted by Crippen LogP contribution is -2.40. The number of hydrogen-bond donors (Lipinski definition) is 4. The summed E-state index contributed by atoms with van der Waals surface area (Å²) in [6.45, 7) is 3.57. The van der Waals surface area contributed by atoms with E-state index in [1.54, 1.807) is 6.92 Å². The van der Waals surface area contributed by atoms with Gasteiger partial charge in [0.1, 0.15) is 5.00 Å². The van der Waals surface area contributed by atoms with Crippen LogP contribution in [0.5, 0.6) is 0 Å². The van der Waals surface area contributed by atoms with E-state index in [9.17, 15) is 19.8 Å². The Labute approximate surface area is 127 Å². The van der Waals surface area contributed by atoms with Crippen molar-refractivity contribution in [2.45, 2.75) is 51.7 Å². The molecule has 0 atom stereocenters. The highest BCUT2D eigenvalue weighted by atomic mass is 32.1. The number of thiophene rings is 1. The number of aliphatic hydroxyl groups is 1.